The van der Waals surface area contributed by atoms with Gasteiger partial charge in [0.1, 0.15) is 0 Å². The second-order valence-corrected chi connectivity index (χ2v) is 4.82. The van der Waals surface area contributed by atoms with Gasteiger partial charge in [-0.15, -0.1) is 12.6 Å². The van der Waals surface area contributed by atoms with Crippen molar-refractivity contribution in [3.05, 3.63) is 29.8 Å². The van der Waals surface area contributed by atoms with Crippen LogP contribution in [-0.4, -0.2) is 37.1 Å². The maximum absolute atomic E-state index is 12.2. The predicted octanol–water partition coefficient (Wildman–Crippen LogP) is 2.23. The fourth-order valence-electron chi connectivity index (χ4n) is 2.14. The van der Waals surface area contributed by atoms with Crippen LogP contribution in [-0.2, 0) is 4.74 Å². The average Bonchev–Trinajstić information content (AvgIpc) is 2.38. The van der Waals surface area contributed by atoms with E-state index < -0.39 is 0 Å². The molecule has 3 nitrogen and oxygen atoms in total. The first-order valence-corrected chi connectivity index (χ1v) is 6.26. The third kappa shape index (κ3) is 3.01. The molecule has 1 fully saturated rings. The van der Waals surface area contributed by atoms with E-state index >= 15 is 0 Å². The molecule has 4 heteroatoms. The summed E-state index contributed by atoms with van der Waals surface area (Å²) in [6, 6.07) is 7.36. The molecule has 1 aliphatic heterocycles. The highest BCUT2D eigenvalue weighted by Crippen LogP contribution is 2.17. The van der Waals surface area contributed by atoms with Gasteiger partial charge in [-0.2, -0.15) is 0 Å². The van der Waals surface area contributed by atoms with Gasteiger partial charge in [0.05, 0.1) is 6.10 Å². The Labute approximate surface area is 107 Å². The van der Waals surface area contributed by atoms with Crippen LogP contribution in [0.4, 0.5) is 0 Å². The number of carbonyl (C=O) groups is 1. The Bertz CT molecular complexity index is 408. The number of rotatable bonds is 2. The zero-order chi connectivity index (χ0) is 12.3. The van der Waals surface area contributed by atoms with Crippen LogP contribution in [0.5, 0.6) is 0 Å². The van der Waals surface area contributed by atoms with E-state index in [2.05, 4.69) is 12.6 Å². The number of ether oxygens (including phenoxy) is 1. The lowest BCUT2D eigenvalue weighted by molar-refractivity contribution is 0.0269. The van der Waals surface area contributed by atoms with Gasteiger partial charge in [-0.3, -0.25) is 4.79 Å². The molecule has 0 aliphatic carbocycles. The number of piperidine rings is 1. The molecule has 17 heavy (non-hydrogen) atoms. The van der Waals surface area contributed by atoms with Gasteiger partial charge in [0.25, 0.3) is 5.91 Å². The van der Waals surface area contributed by atoms with Crippen molar-refractivity contribution in [1.82, 2.24) is 4.90 Å². The Hall–Kier alpha value is -1.00. The molecule has 92 valence electrons. The topological polar surface area (TPSA) is 29.5 Å². The Kier molecular flexibility index (Phi) is 4.07. The lowest BCUT2D eigenvalue weighted by atomic mass is 10.1. The molecule has 2 rings (SSSR count). The fraction of sp³-hybridized carbons (Fsp3) is 0.462. The van der Waals surface area contributed by atoms with E-state index in [0.29, 0.717) is 12.1 Å². The molecule has 1 amide bonds. The van der Waals surface area contributed by atoms with Crippen LogP contribution in [0.3, 0.4) is 0 Å². The van der Waals surface area contributed by atoms with Crippen molar-refractivity contribution in [3.63, 3.8) is 0 Å². The standard InChI is InChI=1S/C13H17NO2S/c1-16-11-5-3-7-14(9-11)13(15)10-4-2-6-12(17)8-10/h2,4,6,8,11,17H,3,5,7,9H2,1H3. The summed E-state index contributed by atoms with van der Waals surface area (Å²) < 4.78 is 5.32. The van der Waals surface area contributed by atoms with Gasteiger partial charge in [0, 0.05) is 30.7 Å². The summed E-state index contributed by atoms with van der Waals surface area (Å²) in [5.41, 5.74) is 0.703. The normalized spacial score (nSPS) is 20.4. The van der Waals surface area contributed by atoms with E-state index in [4.69, 9.17) is 4.74 Å². The molecule has 0 saturated carbocycles. The minimum atomic E-state index is 0.0719. The monoisotopic (exact) mass is 251 g/mol. The smallest absolute Gasteiger partial charge is 0.253 e. The number of hydrogen-bond acceptors (Lipinski definition) is 3. The number of likely N-dealkylation sites (tertiary alicyclic amines) is 1. The number of carbonyl (C=O) groups excluding carboxylic acids is 1. The third-order valence-corrected chi connectivity index (χ3v) is 3.37. The van der Waals surface area contributed by atoms with Gasteiger partial charge in [0.15, 0.2) is 0 Å². The number of hydrogen-bond donors (Lipinski definition) is 1. The minimum Gasteiger partial charge on any atom is -0.380 e. The molecule has 0 spiro atoms. The summed E-state index contributed by atoms with van der Waals surface area (Å²) in [6.45, 7) is 1.50. The number of thiol groups is 1. The lowest BCUT2D eigenvalue weighted by Crippen LogP contribution is -2.42. The van der Waals surface area contributed by atoms with Crippen molar-refractivity contribution in [3.8, 4) is 0 Å². The maximum atomic E-state index is 12.2. The second-order valence-electron chi connectivity index (χ2n) is 4.30. The highest BCUT2D eigenvalue weighted by Gasteiger charge is 2.24. The van der Waals surface area contributed by atoms with Gasteiger partial charge >= 0.3 is 0 Å². The molecule has 1 heterocycles. The van der Waals surface area contributed by atoms with Crippen molar-refractivity contribution in [2.24, 2.45) is 0 Å². The Morgan fingerprint density at radius 1 is 1.53 bits per heavy atom. The summed E-state index contributed by atoms with van der Waals surface area (Å²) in [4.78, 5) is 14.9. The molecule has 1 saturated heterocycles. The SMILES string of the molecule is COC1CCCN(C(=O)c2cccc(S)c2)C1. The molecule has 0 N–H and O–H groups in total. The molecule has 1 atom stereocenters. The number of nitrogens with zero attached hydrogens (tertiary/aromatic N) is 1. The molecule has 1 aromatic rings. The average molecular weight is 251 g/mol. The minimum absolute atomic E-state index is 0.0719. The van der Waals surface area contributed by atoms with Crippen molar-refractivity contribution in [2.75, 3.05) is 20.2 Å². The molecule has 1 aromatic carbocycles. The molecular weight excluding hydrogens is 234 g/mol. The fourth-order valence-corrected chi connectivity index (χ4v) is 2.36. The van der Waals surface area contributed by atoms with Gasteiger partial charge in [0.2, 0.25) is 0 Å². The summed E-state index contributed by atoms with van der Waals surface area (Å²) in [6.07, 6.45) is 2.21. The van der Waals surface area contributed by atoms with E-state index in [0.717, 1.165) is 24.3 Å². The van der Waals surface area contributed by atoms with E-state index in [1.54, 1.807) is 7.11 Å². The van der Waals surface area contributed by atoms with E-state index in [9.17, 15) is 4.79 Å². The first-order chi connectivity index (χ1) is 8.20. The largest absolute Gasteiger partial charge is 0.380 e. The Morgan fingerprint density at radius 3 is 3.06 bits per heavy atom. The highest BCUT2D eigenvalue weighted by molar-refractivity contribution is 7.80. The van der Waals surface area contributed by atoms with Gasteiger partial charge in [-0.25, -0.2) is 0 Å². The van der Waals surface area contributed by atoms with Crippen LogP contribution in [0, 0.1) is 0 Å². The Morgan fingerprint density at radius 2 is 2.35 bits per heavy atom. The number of benzene rings is 1. The van der Waals surface area contributed by atoms with Crippen LogP contribution >= 0.6 is 12.6 Å². The summed E-state index contributed by atoms with van der Waals surface area (Å²) >= 11 is 4.25. The lowest BCUT2D eigenvalue weighted by Gasteiger charge is -2.32. The molecule has 0 bridgehead atoms. The number of amides is 1. The van der Waals surface area contributed by atoms with Gasteiger partial charge in [-0.1, -0.05) is 6.07 Å². The van der Waals surface area contributed by atoms with Crippen LogP contribution in [0.2, 0.25) is 0 Å². The molecular formula is C13H17NO2S. The maximum Gasteiger partial charge on any atom is 0.253 e. The summed E-state index contributed by atoms with van der Waals surface area (Å²) in [5.74, 6) is 0.0719. The molecule has 0 radical (unpaired) electrons. The quantitative estimate of drug-likeness (QED) is 0.817. The zero-order valence-electron chi connectivity index (χ0n) is 9.93. The molecule has 0 aromatic heterocycles. The highest BCUT2D eigenvalue weighted by atomic mass is 32.1. The van der Waals surface area contributed by atoms with Crippen molar-refractivity contribution >= 4 is 18.5 Å². The van der Waals surface area contributed by atoms with E-state index in [1.807, 2.05) is 29.2 Å². The predicted molar refractivity (Wildman–Crippen MR) is 69.6 cm³/mol. The number of methoxy groups -OCH3 is 1. The van der Waals surface area contributed by atoms with Crippen LogP contribution in [0.25, 0.3) is 0 Å². The van der Waals surface area contributed by atoms with Gasteiger partial charge < -0.3 is 9.64 Å². The first kappa shape index (κ1) is 12.5. The van der Waals surface area contributed by atoms with Crippen molar-refractivity contribution in [1.29, 1.82) is 0 Å². The zero-order valence-corrected chi connectivity index (χ0v) is 10.8. The van der Waals surface area contributed by atoms with Crippen molar-refractivity contribution in [2.45, 2.75) is 23.8 Å². The van der Waals surface area contributed by atoms with Crippen LogP contribution in [0.1, 0.15) is 23.2 Å². The second kappa shape index (κ2) is 5.56. The molecule has 1 unspecified atom stereocenters. The van der Waals surface area contributed by atoms with Crippen LogP contribution in [0.15, 0.2) is 29.2 Å². The van der Waals surface area contributed by atoms with Crippen LogP contribution < -0.4 is 0 Å². The first-order valence-electron chi connectivity index (χ1n) is 5.82. The summed E-state index contributed by atoms with van der Waals surface area (Å²) in [5, 5.41) is 0. The molecule has 1 aliphatic rings. The third-order valence-electron chi connectivity index (χ3n) is 3.09. The Balaban J connectivity index is 2.09. The van der Waals surface area contributed by atoms with E-state index in [-0.39, 0.29) is 12.0 Å². The van der Waals surface area contributed by atoms with E-state index in [1.165, 1.54) is 0 Å². The summed E-state index contributed by atoms with van der Waals surface area (Å²) in [7, 11) is 1.70. The van der Waals surface area contributed by atoms with Gasteiger partial charge in [-0.05, 0) is 31.0 Å². The van der Waals surface area contributed by atoms with Crippen molar-refractivity contribution < 1.29 is 9.53 Å².